The van der Waals surface area contributed by atoms with E-state index in [-0.39, 0.29) is 58.0 Å². The number of likely N-dealkylation sites (N-methyl/N-ethyl adjacent to an activating group) is 1. The van der Waals surface area contributed by atoms with Crippen LogP contribution in [0.3, 0.4) is 0 Å². The summed E-state index contributed by atoms with van der Waals surface area (Å²) >= 11 is 0. The van der Waals surface area contributed by atoms with Gasteiger partial charge in [0, 0.05) is 31.6 Å². The Hall–Kier alpha value is -0.970. The van der Waals surface area contributed by atoms with Gasteiger partial charge in [0.1, 0.15) is 53.9 Å². The van der Waals surface area contributed by atoms with Gasteiger partial charge in [-0.25, -0.2) is 0 Å². The lowest BCUT2D eigenvalue weighted by molar-refractivity contribution is -0.333. The van der Waals surface area contributed by atoms with E-state index in [4.69, 9.17) is 35.5 Å². The zero-order valence-electron chi connectivity index (χ0n) is 25.0. The van der Waals surface area contributed by atoms with E-state index < -0.39 is 96.4 Å². The highest BCUT2D eigenvalue weighted by Crippen LogP contribution is 2.39. The molecule has 4 aliphatic rings. The van der Waals surface area contributed by atoms with Crippen LogP contribution in [0.2, 0.25) is 0 Å². The van der Waals surface area contributed by atoms with Crippen LogP contribution in [0.4, 0.5) is 0 Å². The van der Waals surface area contributed by atoms with Crippen molar-refractivity contribution in [1.29, 1.82) is 0 Å². The number of hydrogen-bond donors (Lipinski definition) is 12. The largest absolute Gasteiger partial charge is 0.395 e. The SMILES string of the molecule is CN[C@@H]1[C@@H](O)[C@@H](O[C@H]2[C@H](CC(=O)C3(O)CC(N)C3)C[C@H](N)C(O[C@H]3O[C@H](CNCCO)[C@@H](O)[C@H](O)[C@H]3O)[C@@H]2O)OC[C@]1(C)O. The van der Waals surface area contributed by atoms with Crippen LogP contribution in [0, 0.1) is 5.92 Å². The third-order valence-corrected chi connectivity index (χ3v) is 9.33. The summed E-state index contributed by atoms with van der Waals surface area (Å²) in [5, 5.41) is 90.1. The molecule has 4 rings (SSSR count). The van der Waals surface area contributed by atoms with E-state index >= 15 is 0 Å². The molecule has 17 nitrogen and oxygen atoms in total. The van der Waals surface area contributed by atoms with Crippen molar-refractivity contribution in [2.45, 2.75) is 123 Å². The predicted octanol–water partition coefficient (Wildman–Crippen LogP) is -6.28. The molecular weight excluding hydrogens is 588 g/mol. The molecule has 2 saturated carbocycles. The molecule has 0 aromatic heterocycles. The smallest absolute Gasteiger partial charge is 0.187 e. The molecule has 2 saturated heterocycles. The van der Waals surface area contributed by atoms with Gasteiger partial charge in [0.15, 0.2) is 18.4 Å². The summed E-state index contributed by atoms with van der Waals surface area (Å²) in [5.74, 6) is -1.28. The second-order valence-electron chi connectivity index (χ2n) is 12.9. The van der Waals surface area contributed by atoms with Gasteiger partial charge in [-0.2, -0.15) is 0 Å². The molecule has 17 heteroatoms. The Balaban J connectivity index is 1.54. The molecule has 2 heterocycles. The van der Waals surface area contributed by atoms with Gasteiger partial charge in [-0.05, 0) is 39.2 Å². The van der Waals surface area contributed by atoms with E-state index in [9.17, 15) is 40.5 Å². The fraction of sp³-hybridized carbons (Fsp3) is 0.963. The average Bonchev–Trinajstić information content (AvgIpc) is 2.94. The Bertz CT molecular complexity index is 959. The molecule has 0 radical (unpaired) electrons. The fourth-order valence-corrected chi connectivity index (χ4v) is 6.77. The van der Waals surface area contributed by atoms with Crippen molar-refractivity contribution in [3.05, 3.63) is 0 Å². The first kappa shape index (κ1) is 35.9. The third kappa shape index (κ3) is 7.44. The molecule has 0 aromatic carbocycles. The zero-order chi connectivity index (χ0) is 32.6. The molecule has 2 aliphatic carbocycles. The van der Waals surface area contributed by atoms with Crippen molar-refractivity contribution < 1.29 is 64.6 Å². The maximum absolute atomic E-state index is 13.1. The van der Waals surface area contributed by atoms with Crippen LogP contribution >= 0.6 is 0 Å². The Morgan fingerprint density at radius 3 is 2.23 bits per heavy atom. The lowest BCUT2D eigenvalue weighted by Crippen LogP contribution is -2.68. The highest BCUT2D eigenvalue weighted by molar-refractivity contribution is 5.88. The van der Waals surface area contributed by atoms with Crippen LogP contribution in [0.15, 0.2) is 0 Å². The molecule has 1 unspecified atom stereocenters. The molecule has 14 atom stereocenters. The van der Waals surface area contributed by atoms with Crippen molar-refractivity contribution in [2.75, 3.05) is 33.4 Å². The number of aliphatic hydroxyl groups excluding tert-OH is 6. The van der Waals surface area contributed by atoms with Crippen LogP contribution in [0.25, 0.3) is 0 Å². The standard InChI is InChI=1S/C27H50N4O13/c1-26(39)10-41-24(20(38)23(26)30-2)43-21-11(6-15(33)27(40)7-12(28)8-27)5-13(29)22(19(21)37)44-25-18(36)17(35)16(34)14(42-25)9-31-3-4-32/h11-14,16-25,30-32,34-40H,3-10,28-29H2,1-2H3/t11-,12?,13-,14+,16+,17-,18+,19+,20+,21-,22?,23+,24+,25+,26-,27?/m0/s1. The summed E-state index contributed by atoms with van der Waals surface area (Å²) < 4.78 is 23.4. The first-order valence-electron chi connectivity index (χ1n) is 15.1. The van der Waals surface area contributed by atoms with E-state index in [2.05, 4.69) is 10.6 Å². The first-order chi connectivity index (χ1) is 20.6. The minimum absolute atomic E-state index is 0.000440. The second kappa shape index (κ2) is 14.4. The minimum Gasteiger partial charge on any atom is -0.395 e. The molecule has 0 aromatic rings. The summed E-state index contributed by atoms with van der Waals surface area (Å²) in [5.41, 5.74) is 9.17. The van der Waals surface area contributed by atoms with Crippen molar-refractivity contribution in [1.82, 2.24) is 10.6 Å². The maximum atomic E-state index is 13.1. The molecule has 14 N–H and O–H groups in total. The molecule has 256 valence electrons. The van der Waals surface area contributed by atoms with Gasteiger partial charge < -0.3 is 81.9 Å². The second-order valence-corrected chi connectivity index (χ2v) is 12.9. The maximum Gasteiger partial charge on any atom is 0.187 e. The van der Waals surface area contributed by atoms with Crippen LogP contribution in [0.1, 0.15) is 32.6 Å². The minimum atomic E-state index is -1.73. The Kier molecular flexibility index (Phi) is 11.8. The number of ether oxygens (including phenoxy) is 4. The number of carbonyl (C=O) groups excluding carboxylic acids is 1. The number of nitrogens with one attached hydrogen (secondary N) is 2. The van der Waals surface area contributed by atoms with Crippen molar-refractivity contribution in [3.63, 3.8) is 0 Å². The lowest BCUT2D eigenvalue weighted by atomic mass is 9.69. The molecule has 0 bridgehead atoms. The Morgan fingerprint density at radius 1 is 0.955 bits per heavy atom. The van der Waals surface area contributed by atoms with Crippen LogP contribution in [-0.4, -0.2) is 171 Å². The molecule has 44 heavy (non-hydrogen) atoms. The number of aliphatic hydroxyl groups is 8. The Labute approximate surface area is 255 Å². The van der Waals surface area contributed by atoms with Crippen molar-refractivity contribution in [3.8, 4) is 0 Å². The van der Waals surface area contributed by atoms with Crippen molar-refractivity contribution >= 4 is 5.78 Å². The van der Waals surface area contributed by atoms with Gasteiger partial charge in [-0.15, -0.1) is 0 Å². The van der Waals surface area contributed by atoms with E-state index in [1.807, 2.05) is 0 Å². The predicted molar refractivity (Wildman–Crippen MR) is 149 cm³/mol. The number of nitrogens with two attached hydrogens (primary N) is 2. The van der Waals surface area contributed by atoms with Gasteiger partial charge >= 0.3 is 0 Å². The lowest BCUT2D eigenvalue weighted by Gasteiger charge is -2.50. The molecule has 0 amide bonds. The first-order valence-corrected chi connectivity index (χ1v) is 15.1. The topological polar surface area (TPSA) is 292 Å². The zero-order valence-corrected chi connectivity index (χ0v) is 25.0. The number of hydrogen-bond acceptors (Lipinski definition) is 17. The molecule has 0 spiro atoms. The van der Waals surface area contributed by atoms with Crippen molar-refractivity contribution in [2.24, 2.45) is 17.4 Å². The Morgan fingerprint density at radius 2 is 1.61 bits per heavy atom. The monoisotopic (exact) mass is 638 g/mol. The highest BCUT2D eigenvalue weighted by atomic mass is 16.7. The van der Waals surface area contributed by atoms with Gasteiger partial charge in [0.2, 0.25) is 0 Å². The van der Waals surface area contributed by atoms with Gasteiger partial charge in [0.05, 0.1) is 25.4 Å². The normalized spacial score (nSPS) is 49.8. The number of Topliss-reactive ketones (excluding diaryl/α,β-unsaturated/α-hetero) is 1. The summed E-state index contributed by atoms with van der Waals surface area (Å²) in [6.07, 6.45) is -14.4. The van der Waals surface area contributed by atoms with E-state index in [1.165, 1.54) is 6.92 Å². The van der Waals surface area contributed by atoms with Gasteiger partial charge in [0.25, 0.3) is 0 Å². The van der Waals surface area contributed by atoms with E-state index in [1.54, 1.807) is 7.05 Å². The quantitative estimate of drug-likeness (QED) is 0.0885. The fourth-order valence-electron chi connectivity index (χ4n) is 6.77. The van der Waals surface area contributed by atoms with E-state index in [0.29, 0.717) is 0 Å². The molecule has 4 fully saturated rings. The summed E-state index contributed by atoms with van der Waals surface area (Å²) in [7, 11) is 1.54. The highest BCUT2D eigenvalue weighted by Gasteiger charge is 2.54. The number of carbonyl (C=O) groups is 1. The van der Waals surface area contributed by atoms with Crippen LogP contribution in [-0.2, 0) is 23.7 Å². The van der Waals surface area contributed by atoms with Gasteiger partial charge in [-0.1, -0.05) is 0 Å². The molecule has 2 aliphatic heterocycles. The number of ketones is 1. The summed E-state index contributed by atoms with van der Waals surface area (Å²) in [6.45, 7) is 1.25. The molecular formula is C27H50N4O13. The summed E-state index contributed by atoms with van der Waals surface area (Å²) in [6, 6.07) is -2.14. The number of rotatable bonds is 12. The third-order valence-electron chi connectivity index (χ3n) is 9.33. The van der Waals surface area contributed by atoms with E-state index in [0.717, 1.165) is 0 Å². The summed E-state index contributed by atoms with van der Waals surface area (Å²) in [4.78, 5) is 13.1. The van der Waals surface area contributed by atoms with Gasteiger partial charge in [-0.3, -0.25) is 4.79 Å². The average molecular weight is 639 g/mol. The van der Waals surface area contributed by atoms with Crippen LogP contribution in [0.5, 0.6) is 0 Å². The van der Waals surface area contributed by atoms with Crippen LogP contribution < -0.4 is 22.1 Å².